The molecule has 3 rings (SSSR count). The van der Waals surface area contributed by atoms with E-state index in [2.05, 4.69) is 0 Å². The molecule has 2 aliphatic rings. The van der Waals surface area contributed by atoms with E-state index >= 15 is 0 Å². The Balaban J connectivity index is 2.31. The van der Waals surface area contributed by atoms with Crippen LogP contribution in [0.4, 0.5) is 0 Å². The van der Waals surface area contributed by atoms with Crippen LogP contribution in [0.3, 0.4) is 0 Å². The number of carboxylic acids is 1. The first kappa shape index (κ1) is 23.0. The molecule has 10 heteroatoms. The van der Waals surface area contributed by atoms with E-state index < -0.39 is 28.1 Å². The monoisotopic (exact) mass is 433 g/mol. The van der Waals surface area contributed by atoms with Gasteiger partial charge in [-0.1, -0.05) is 5.06 Å². The third kappa shape index (κ3) is 2.78. The SMILES string of the molecule is CC1(C)N([O-])C(c2cc(C(=O)[O-])cc(C3=[N+]([O-])C(C)(C)C(C)(C)[NH+]3O)c2)=[N+]([O-])C1(C)C. The van der Waals surface area contributed by atoms with Crippen molar-refractivity contribution in [2.45, 2.75) is 77.5 Å². The number of amidine groups is 2. The molecule has 0 aliphatic carbocycles. The van der Waals surface area contributed by atoms with Crippen molar-refractivity contribution in [2.24, 2.45) is 0 Å². The lowest BCUT2D eigenvalue weighted by atomic mass is 9.84. The fourth-order valence-corrected chi connectivity index (χ4v) is 3.82. The van der Waals surface area contributed by atoms with Crippen LogP contribution in [0.2, 0.25) is 0 Å². The molecule has 0 saturated heterocycles. The van der Waals surface area contributed by atoms with E-state index in [1.165, 1.54) is 18.2 Å². The number of benzene rings is 1. The highest BCUT2D eigenvalue weighted by Gasteiger charge is 2.64. The van der Waals surface area contributed by atoms with Gasteiger partial charge in [0.1, 0.15) is 16.6 Å². The molecule has 1 unspecified atom stereocenters. The smallest absolute Gasteiger partial charge is 0.414 e. The number of hydroxylamine groups is 6. The molecule has 0 saturated carbocycles. The maximum absolute atomic E-state index is 13.1. The molecule has 31 heavy (non-hydrogen) atoms. The Hall–Kier alpha value is -2.69. The number of quaternary nitrogens is 1. The van der Waals surface area contributed by atoms with Gasteiger partial charge in [0.25, 0.3) is 5.84 Å². The van der Waals surface area contributed by atoms with E-state index in [1.807, 2.05) is 0 Å². The van der Waals surface area contributed by atoms with Crippen molar-refractivity contribution < 1.29 is 29.6 Å². The maximum Gasteiger partial charge on any atom is 0.414 e. The summed E-state index contributed by atoms with van der Waals surface area (Å²) in [4.78, 5) is 11.7. The van der Waals surface area contributed by atoms with Gasteiger partial charge in [0.2, 0.25) is 5.54 Å². The molecule has 10 nitrogen and oxygen atoms in total. The van der Waals surface area contributed by atoms with Crippen molar-refractivity contribution in [3.63, 3.8) is 0 Å². The summed E-state index contributed by atoms with van der Waals surface area (Å²) in [7, 11) is 0. The molecule has 0 aromatic heterocycles. The van der Waals surface area contributed by atoms with Crippen molar-refractivity contribution in [1.82, 2.24) is 5.06 Å². The van der Waals surface area contributed by atoms with Crippen LogP contribution in [0.15, 0.2) is 18.2 Å². The van der Waals surface area contributed by atoms with Crippen LogP contribution < -0.4 is 10.2 Å². The standard InChI is InChI=1S/C21H29N4O6/c1-18(2)19(3,4)23(29)15(22(18)28)12-9-13(11-14(10-12)17(26)27)16-24(30)20(5,6)21(7,8)25(16)31/h9-11,28H,1-8H3,(H,26,27)/q-1. The van der Waals surface area contributed by atoms with Gasteiger partial charge < -0.3 is 25.5 Å². The minimum absolute atomic E-state index is 0.0246. The van der Waals surface area contributed by atoms with E-state index in [1.54, 1.807) is 55.4 Å². The van der Waals surface area contributed by atoms with Crippen LogP contribution in [0.1, 0.15) is 76.9 Å². The summed E-state index contributed by atoms with van der Waals surface area (Å²) in [5.74, 6) is -1.91. The number of aromatic carboxylic acids is 1. The summed E-state index contributed by atoms with van der Waals surface area (Å²) in [5, 5.41) is 62.1. The minimum Gasteiger partial charge on any atom is -0.715 e. The van der Waals surface area contributed by atoms with Gasteiger partial charge in [-0.25, -0.2) is 5.21 Å². The Morgan fingerprint density at radius 3 is 1.84 bits per heavy atom. The normalized spacial score (nSPS) is 26.0. The topological polar surface area (TPSA) is 143 Å². The molecule has 0 fully saturated rings. The summed E-state index contributed by atoms with van der Waals surface area (Å²) in [5.41, 5.74) is -4.38. The predicted octanol–water partition coefficient (Wildman–Crippen LogP) is -0.221. The van der Waals surface area contributed by atoms with Gasteiger partial charge in [-0.3, -0.25) is 9.80 Å². The lowest BCUT2D eigenvalue weighted by molar-refractivity contribution is -1.05. The third-order valence-electron chi connectivity index (χ3n) is 7.65. The van der Waals surface area contributed by atoms with E-state index in [-0.39, 0.29) is 33.4 Å². The maximum atomic E-state index is 13.1. The second kappa shape index (κ2) is 6.41. The number of nitrogens with zero attached hydrogens (tertiary/aromatic N) is 3. The Morgan fingerprint density at radius 1 is 0.935 bits per heavy atom. The largest absolute Gasteiger partial charge is 0.715 e. The Morgan fingerprint density at radius 2 is 1.45 bits per heavy atom. The van der Waals surface area contributed by atoms with Crippen molar-refractivity contribution in [3.8, 4) is 0 Å². The number of hydrogen-bond acceptors (Lipinski definition) is 7. The predicted molar refractivity (Wildman–Crippen MR) is 111 cm³/mol. The van der Waals surface area contributed by atoms with Crippen molar-refractivity contribution in [3.05, 3.63) is 50.5 Å². The van der Waals surface area contributed by atoms with Gasteiger partial charge in [0.05, 0.1) is 11.5 Å². The van der Waals surface area contributed by atoms with Crippen LogP contribution in [0.5, 0.6) is 0 Å². The van der Waals surface area contributed by atoms with E-state index in [0.29, 0.717) is 14.5 Å². The first-order valence-electron chi connectivity index (χ1n) is 10.0. The highest BCUT2D eigenvalue weighted by Crippen LogP contribution is 2.38. The Bertz CT molecular complexity index is 966. The first-order chi connectivity index (χ1) is 13.9. The van der Waals surface area contributed by atoms with Crippen molar-refractivity contribution in [1.29, 1.82) is 0 Å². The van der Waals surface area contributed by atoms with Crippen LogP contribution in [-0.2, 0) is 0 Å². The lowest BCUT2D eigenvalue weighted by Gasteiger charge is -2.39. The molecule has 0 amide bonds. The number of rotatable bonds is 3. The van der Waals surface area contributed by atoms with Gasteiger partial charge in [-0.2, -0.15) is 0 Å². The first-order valence-corrected chi connectivity index (χ1v) is 10.0. The van der Waals surface area contributed by atoms with E-state index in [4.69, 9.17) is 0 Å². The fourth-order valence-electron chi connectivity index (χ4n) is 3.82. The molecule has 2 aliphatic heterocycles. The summed E-state index contributed by atoms with van der Waals surface area (Å²) in [6.07, 6.45) is 0. The molecular weight excluding hydrogens is 404 g/mol. The molecule has 2 N–H and O–H groups in total. The van der Waals surface area contributed by atoms with Gasteiger partial charge in [0.15, 0.2) is 5.54 Å². The van der Waals surface area contributed by atoms with Crippen molar-refractivity contribution >= 4 is 17.6 Å². The van der Waals surface area contributed by atoms with Crippen LogP contribution in [0.25, 0.3) is 0 Å². The van der Waals surface area contributed by atoms with Crippen LogP contribution >= 0.6 is 0 Å². The van der Waals surface area contributed by atoms with Gasteiger partial charge in [0, 0.05) is 27.7 Å². The van der Waals surface area contributed by atoms with Crippen molar-refractivity contribution in [2.75, 3.05) is 0 Å². The highest BCUT2D eigenvalue weighted by molar-refractivity contribution is 6.02. The van der Waals surface area contributed by atoms with Crippen LogP contribution in [0, 0.1) is 15.6 Å². The molecule has 170 valence electrons. The zero-order valence-corrected chi connectivity index (χ0v) is 19.1. The second-order valence-electron chi connectivity index (χ2n) is 10.3. The Kier molecular flexibility index (Phi) is 4.75. The lowest BCUT2D eigenvalue weighted by Crippen LogP contribution is -3.19. The van der Waals surface area contributed by atoms with Gasteiger partial charge >= 0.3 is 5.84 Å². The highest BCUT2D eigenvalue weighted by atomic mass is 16.5. The van der Waals surface area contributed by atoms with Gasteiger partial charge in [-0.15, -0.1) is 4.74 Å². The number of carbonyl (C=O) groups excluding carboxylic acids is 1. The minimum atomic E-state index is -1.54. The average Bonchev–Trinajstić information content (AvgIpc) is 2.85. The quantitative estimate of drug-likeness (QED) is 0.495. The number of carbonyl (C=O) groups is 1. The zero-order chi connectivity index (χ0) is 23.9. The molecule has 1 atom stereocenters. The van der Waals surface area contributed by atoms with E-state index in [9.17, 15) is 30.7 Å². The molecule has 2 heterocycles. The van der Waals surface area contributed by atoms with Crippen LogP contribution in [-0.4, -0.2) is 59.5 Å². The van der Waals surface area contributed by atoms with Gasteiger partial charge in [-0.05, 0) is 51.5 Å². The molecule has 0 spiro atoms. The summed E-state index contributed by atoms with van der Waals surface area (Å²) in [6.45, 7) is 13.2. The number of hydrogen-bond donors (Lipinski definition) is 2. The average molecular weight is 433 g/mol. The molecular formula is C21H29N4O6-. The van der Waals surface area contributed by atoms with E-state index in [0.717, 1.165) is 0 Å². The molecule has 0 bridgehead atoms. The molecule has 1 aromatic rings. The summed E-state index contributed by atoms with van der Waals surface area (Å²) < 4.78 is 1.20. The second-order valence-corrected chi connectivity index (χ2v) is 10.3. The molecule has 0 radical (unpaired) electrons. The number of nitrogens with one attached hydrogen (secondary N) is 1. The summed E-state index contributed by atoms with van der Waals surface area (Å²) in [6, 6.07) is 3.74. The molecule has 1 aromatic carbocycles. The third-order valence-corrected chi connectivity index (χ3v) is 7.65. The zero-order valence-electron chi connectivity index (χ0n) is 19.1. The summed E-state index contributed by atoms with van der Waals surface area (Å²) >= 11 is 0. The fraction of sp³-hybridized carbons (Fsp3) is 0.571. The number of carboxylic acid groups (broad SMARTS) is 1. The Labute approximate surface area is 181 Å².